The van der Waals surface area contributed by atoms with Crippen LogP contribution in [0.25, 0.3) is 0 Å². The van der Waals surface area contributed by atoms with Crippen LogP contribution >= 0.6 is 0 Å². The highest BCUT2D eigenvalue weighted by molar-refractivity contribution is 4.85. The molecule has 1 aliphatic rings. The molecule has 1 heterocycles. The van der Waals surface area contributed by atoms with Gasteiger partial charge in [-0.1, -0.05) is 13.8 Å². The molecule has 96 valence electrons. The molecule has 0 amide bonds. The van der Waals surface area contributed by atoms with E-state index in [2.05, 4.69) is 24.1 Å². The van der Waals surface area contributed by atoms with Crippen molar-refractivity contribution in [3.05, 3.63) is 0 Å². The normalized spacial score (nSPS) is 26.8. The van der Waals surface area contributed by atoms with E-state index in [1.807, 2.05) is 0 Å². The summed E-state index contributed by atoms with van der Waals surface area (Å²) in [5.41, 5.74) is 0. The molecule has 1 rings (SSSR count). The Hall–Kier alpha value is -0.160. The SMILES string of the molecule is COC1CN(CCCNC(C)C)CC1OC. The molecular weight excluding hydrogens is 204 g/mol. The van der Waals surface area contributed by atoms with Crippen LogP contribution in [0.2, 0.25) is 0 Å². The first kappa shape index (κ1) is 13.9. The van der Waals surface area contributed by atoms with Crippen molar-refractivity contribution in [3.8, 4) is 0 Å². The van der Waals surface area contributed by atoms with Crippen molar-refractivity contribution in [2.45, 2.75) is 38.5 Å². The average molecular weight is 230 g/mol. The van der Waals surface area contributed by atoms with E-state index in [0.29, 0.717) is 6.04 Å². The first-order valence-corrected chi connectivity index (χ1v) is 6.18. The lowest BCUT2D eigenvalue weighted by Crippen LogP contribution is -2.29. The van der Waals surface area contributed by atoms with Crippen molar-refractivity contribution >= 4 is 0 Å². The summed E-state index contributed by atoms with van der Waals surface area (Å²) in [6.07, 6.45) is 1.66. The zero-order valence-electron chi connectivity index (χ0n) is 11.0. The molecular formula is C12H26N2O2. The van der Waals surface area contributed by atoms with E-state index in [4.69, 9.17) is 9.47 Å². The van der Waals surface area contributed by atoms with Gasteiger partial charge in [0.15, 0.2) is 0 Å². The van der Waals surface area contributed by atoms with Crippen molar-refractivity contribution in [1.82, 2.24) is 10.2 Å². The van der Waals surface area contributed by atoms with Crippen LogP contribution < -0.4 is 5.32 Å². The summed E-state index contributed by atoms with van der Waals surface area (Å²) in [5, 5.41) is 3.43. The van der Waals surface area contributed by atoms with Gasteiger partial charge in [-0.3, -0.25) is 4.90 Å². The van der Waals surface area contributed by atoms with Gasteiger partial charge in [-0.25, -0.2) is 0 Å². The van der Waals surface area contributed by atoms with Gasteiger partial charge >= 0.3 is 0 Å². The average Bonchev–Trinajstić information content (AvgIpc) is 2.66. The Morgan fingerprint density at radius 3 is 2.19 bits per heavy atom. The smallest absolute Gasteiger partial charge is 0.0971 e. The van der Waals surface area contributed by atoms with Crippen molar-refractivity contribution in [2.75, 3.05) is 40.4 Å². The lowest BCUT2D eigenvalue weighted by atomic mass is 10.3. The van der Waals surface area contributed by atoms with E-state index >= 15 is 0 Å². The maximum Gasteiger partial charge on any atom is 0.0971 e. The first-order chi connectivity index (χ1) is 7.67. The molecule has 0 spiro atoms. The standard InChI is InChI=1S/C12H26N2O2/c1-10(2)13-6-5-7-14-8-11(15-3)12(9-14)16-4/h10-13H,5-9H2,1-4H3. The molecule has 0 saturated carbocycles. The Morgan fingerprint density at radius 1 is 1.19 bits per heavy atom. The molecule has 1 N–H and O–H groups in total. The van der Waals surface area contributed by atoms with Crippen LogP contribution in [-0.4, -0.2) is 63.5 Å². The molecule has 16 heavy (non-hydrogen) atoms. The van der Waals surface area contributed by atoms with Gasteiger partial charge in [-0.05, 0) is 19.5 Å². The number of hydrogen-bond donors (Lipinski definition) is 1. The zero-order valence-corrected chi connectivity index (χ0v) is 11.0. The third-order valence-electron chi connectivity index (χ3n) is 3.10. The van der Waals surface area contributed by atoms with Gasteiger partial charge in [-0.15, -0.1) is 0 Å². The lowest BCUT2D eigenvalue weighted by Gasteiger charge is -2.15. The van der Waals surface area contributed by atoms with Crippen molar-refractivity contribution in [3.63, 3.8) is 0 Å². The van der Waals surface area contributed by atoms with E-state index in [9.17, 15) is 0 Å². The van der Waals surface area contributed by atoms with Gasteiger partial charge in [0.1, 0.15) is 0 Å². The maximum absolute atomic E-state index is 5.41. The van der Waals surface area contributed by atoms with E-state index in [1.54, 1.807) is 14.2 Å². The largest absolute Gasteiger partial charge is 0.377 e. The molecule has 1 fully saturated rings. The second kappa shape index (κ2) is 7.22. The van der Waals surface area contributed by atoms with Crippen LogP contribution in [0, 0.1) is 0 Å². The Balaban J connectivity index is 2.15. The summed E-state index contributed by atoms with van der Waals surface area (Å²) < 4.78 is 10.8. The summed E-state index contributed by atoms with van der Waals surface area (Å²) in [6, 6.07) is 0.581. The quantitative estimate of drug-likeness (QED) is 0.654. The van der Waals surface area contributed by atoms with Crippen LogP contribution in [0.1, 0.15) is 20.3 Å². The number of nitrogens with one attached hydrogen (secondary N) is 1. The number of ether oxygens (including phenoxy) is 2. The van der Waals surface area contributed by atoms with Crippen LogP contribution in [0.15, 0.2) is 0 Å². The Kier molecular flexibility index (Phi) is 6.28. The monoisotopic (exact) mass is 230 g/mol. The third kappa shape index (κ3) is 4.37. The third-order valence-corrected chi connectivity index (χ3v) is 3.10. The summed E-state index contributed by atoms with van der Waals surface area (Å²) in [4.78, 5) is 2.42. The Labute approximate surface area is 99.3 Å². The predicted molar refractivity (Wildman–Crippen MR) is 65.8 cm³/mol. The van der Waals surface area contributed by atoms with Crippen molar-refractivity contribution in [1.29, 1.82) is 0 Å². The van der Waals surface area contributed by atoms with Crippen molar-refractivity contribution in [2.24, 2.45) is 0 Å². The number of nitrogens with zero attached hydrogens (tertiary/aromatic N) is 1. The number of methoxy groups -OCH3 is 2. The van der Waals surface area contributed by atoms with E-state index in [0.717, 1.165) is 26.2 Å². The van der Waals surface area contributed by atoms with Crippen LogP contribution in [-0.2, 0) is 9.47 Å². The molecule has 0 aromatic rings. The van der Waals surface area contributed by atoms with Crippen LogP contribution in [0.5, 0.6) is 0 Å². The number of rotatable bonds is 7. The minimum atomic E-state index is 0.239. The minimum absolute atomic E-state index is 0.239. The van der Waals surface area contributed by atoms with Gasteiger partial charge in [0.25, 0.3) is 0 Å². The highest BCUT2D eigenvalue weighted by Crippen LogP contribution is 2.15. The van der Waals surface area contributed by atoms with Gasteiger partial charge in [0.2, 0.25) is 0 Å². The van der Waals surface area contributed by atoms with Gasteiger partial charge in [-0.2, -0.15) is 0 Å². The van der Waals surface area contributed by atoms with E-state index in [-0.39, 0.29) is 12.2 Å². The maximum atomic E-state index is 5.41. The highest BCUT2D eigenvalue weighted by Gasteiger charge is 2.32. The predicted octanol–water partition coefficient (Wildman–Crippen LogP) is 0.720. The number of likely N-dealkylation sites (tertiary alicyclic amines) is 1. The molecule has 0 aliphatic carbocycles. The van der Waals surface area contributed by atoms with Gasteiger partial charge in [0.05, 0.1) is 12.2 Å². The summed E-state index contributed by atoms with van der Waals surface area (Å²) in [7, 11) is 3.53. The fourth-order valence-corrected chi connectivity index (χ4v) is 2.15. The second-order valence-electron chi connectivity index (χ2n) is 4.77. The summed E-state index contributed by atoms with van der Waals surface area (Å²) in [6.45, 7) is 8.56. The fraction of sp³-hybridized carbons (Fsp3) is 1.00. The van der Waals surface area contributed by atoms with Gasteiger partial charge in [0, 0.05) is 33.4 Å². The molecule has 0 aromatic heterocycles. The Bertz CT molecular complexity index is 176. The topological polar surface area (TPSA) is 33.7 Å². The molecule has 4 nitrogen and oxygen atoms in total. The molecule has 1 aliphatic heterocycles. The molecule has 0 bridgehead atoms. The molecule has 0 radical (unpaired) electrons. The minimum Gasteiger partial charge on any atom is -0.377 e. The Morgan fingerprint density at radius 2 is 1.75 bits per heavy atom. The molecule has 2 atom stereocenters. The van der Waals surface area contributed by atoms with Crippen LogP contribution in [0.4, 0.5) is 0 Å². The molecule has 4 heteroatoms. The highest BCUT2D eigenvalue weighted by atomic mass is 16.5. The van der Waals surface area contributed by atoms with E-state index < -0.39 is 0 Å². The fourth-order valence-electron chi connectivity index (χ4n) is 2.15. The van der Waals surface area contributed by atoms with E-state index in [1.165, 1.54) is 6.42 Å². The summed E-state index contributed by atoms with van der Waals surface area (Å²) in [5.74, 6) is 0. The molecule has 2 unspecified atom stereocenters. The second-order valence-corrected chi connectivity index (χ2v) is 4.77. The lowest BCUT2D eigenvalue weighted by molar-refractivity contribution is -0.00461. The first-order valence-electron chi connectivity index (χ1n) is 6.18. The van der Waals surface area contributed by atoms with Gasteiger partial charge < -0.3 is 14.8 Å². The summed E-state index contributed by atoms with van der Waals surface area (Å²) >= 11 is 0. The van der Waals surface area contributed by atoms with Crippen molar-refractivity contribution < 1.29 is 9.47 Å². The number of hydrogen-bond acceptors (Lipinski definition) is 4. The van der Waals surface area contributed by atoms with Crippen LogP contribution in [0.3, 0.4) is 0 Å². The zero-order chi connectivity index (χ0) is 12.0. The molecule has 0 aromatic carbocycles. The molecule has 1 saturated heterocycles.